The van der Waals surface area contributed by atoms with Crippen LogP contribution >= 0.6 is 0 Å². The van der Waals surface area contributed by atoms with Crippen LogP contribution in [0.15, 0.2) is 0 Å². The highest BCUT2D eigenvalue weighted by atomic mass is 16.6. The molecule has 0 aromatic carbocycles. The summed E-state index contributed by atoms with van der Waals surface area (Å²) < 4.78 is 10.9. The predicted molar refractivity (Wildman–Crippen MR) is 87.5 cm³/mol. The van der Waals surface area contributed by atoms with Gasteiger partial charge in [0.15, 0.2) is 0 Å². The van der Waals surface area contributed by atoms with E-state index in [4.69, 9.17) is 9.47 Å². The molecular formula is C18H26N2O5. The first-order valence-electron chi connectivity index (χ1n) is 9.42. The zero-order valence-electron chi connectivity index (χ0n) is 14.4. The fourth-order valence-corrected chi connectivity index (χ4v) is 4.80. The van der Waals surface area contributed by atoms with Crippen molar-refractivity contribution in [1.29, 1.82) is 0 Å². The molecule has 138 valence electrons. The first-order valence-corrected chi connectivity index (χ1v) is 9.42. The van der Waals surface area contributed by atoms with Crippen molar-refractivity contribution < 1.29 is 23.9 Å². The van der Waals surface area contributed by atoms with Crippen LogP contribution in [0.4, 0.5) is 4.79 Å². The molecule has 2 N–H and O–H groups in total. The number of epoxide rings is 2. The lowest BCUT2D eigenvalue weighted by Crippen LogP contribution is -2.55. The Morgan fingerprint density at radius 1 is 1.04 bits per heavy atom. The van der Waals surface area contributed by atoms with Crippen LogP contribution in [0.3, 0.4) is 0 Å². The number of nitrogens with one attached hydrogen (secondary N) is 2. The van der Waals surface area contributed by atoms with Crippen LogP contribution < -0.4 is 10.6 Å². The zero-order valence-corrected chi connectivity index (χ0v) is 14.4. The number of carbonyl (C=O) groups excluding carboxylic acids is 3. The second kappa shape index (κ2) is 6.68. The molecule has 4 unspecified atom stereocenters. The fourth-order valence-electron chi connectivity index (χ4n) is 4.80. The number of ether oxygens (including phenoxy) is 2. The normalized spacial score (nSPS) is 38.2. The number of urea groups is 1. The SMILES string of the molecule is O=C1NC(=O)C(CCC2(CC3CO3)CCCC(CC3CO3)C2)C(=O)N1. The van der Waals surface area contributed by atoms with Crippen molar-refractivity contribution in [3.8, 4) is 0 Å². The maximum Gasteiger partial charge on any atom is 0.328 e. The topological polar surface area (TPSA) is 100 Å². The van der Waals surface area contributed by atoms with Gasteiger partial charge in [0.2, 0.25) is 11.8 Å². The number of imide groups is 2. The van der Waals surface area contributed by atoms with E-state index in [2.05, 4.69) is 10.6 Å². The van der Waals surface area contributed by atoms with Gasteiger partial charge >= 0.3 is 6.03 Å². The maximum absolute atomic E-state index is 12.0. The third-order valence-corrected chi connectivity index (χ3v) is 6.17. The van der Waals surface area contributed by atoms with Gasteiger partial charge in [-0.3, -0.25) is 20.2 Å². The van der Waals surface area contributed by atoms with Crippen LogP contribution in [0.2, 0.25) is 0 Å². The monoisotopic (exact) mass is 350 g/mol. The van der Waals surface area contributed by atoms with Crippen LogP contribution in [0.25, 0.3) is 0 Å². The molecule has 0 radical (unpaired) electrons. The van der Waals surface area contributed by atoms with E-state index in [0.717, 1.165) is 45.3 Å². The highest BCUT2D eigenvalue weighted by Crippen LogP contribution is 2.50. The molecule has 0 aromatic rings. The van der Waals surface area contributed by atoms with Crippen LogP contribution in [-0.4, -0.2) is 43.3 Å². The Kier molecular flexibility index (Phi) is 4.54. The van der Waals surface area contributed by atoms with Crippen molar-refractivity contribution in [2.24, 2.45) is 17.3 Å². The van der Waals surface area contributed by atoms with E-state index in [1.54, 1.807) is 0 Å². The first-order chi connectivity index (χ1) is 12.0. The van der Waals surface area contributed by atoms with Gasteiger partial charge in [0, 0.05) is 0 Å². The number of amides is 4. The fraction of sp³-hybridized carbons (Fsp3) is 0.833. The molecule has 3 saturated heterocycles. The largest absolute Gasteiger partial charge is 0.373 e. The van der Waals surface area contributed by atoms with Crippen molar-refractivity contribution in [3.63, 3.8) is 0 Å². The Bertz CT molecular complexity index is 552. The molecule has 4 rings (SSSR count). The molecule has 4 aliphatic rings. The van der Waals surface area contributed by atoms with Gasteiger partial charge in [-0.1, -0.05) is 12.8 Å². The Hall–Kier alpha value is -1.47. The highest BCUT2D eigenvalue weighted by Gasteiger charge is 2.44. The van der Waals surface area contributed by atoms with Gasteiger partial charge in [0.25, 0.3) is 0 Å². The number of rotatable bonds is 7. The van der Waals surface area contributed by atoms with Crippen molar-refractivity contribution in [2.75, 3.05) is 13.2 Å². The minimum absolute atomic E-state index is 0.140. The number of hydrogen-bond acceptors (Lipinski definition) is 5. The molecule has 1 aliphatic carbocycles. The molecule has 0 aromatic heterocycles. The Morgan fingerprint density at radius 2 is 1.72 bits per heavy atom. The molecule has 0 spiro atoms. The molecular weight excluding hydrogens is 324 g/mol. The number of barbiturate groups is 1. The van der Waals surface area contributed by atoms with Gasteiger partial charge in [0.1, 0.15) is 5.92 Å². The quantitative estimate of drug-likeness (QED) is 0.535. The van der Waals surface area contributed by atoms with Crippen molar-refractivity contribution >= 4 is 17.8 Å². The Balaban J connectivity index is 1.40. The average Bonchev–Trinajstić information content (AvgIpc) is 3.44. The van der Waals surface area contributed by atoms with Crippen molar-refractivity contribution in [2.45, 2.75) is 63.6 Å². The van der Waals surface area contributed by atoms with E-state index in [0.29, 0.717) is 24.5 Å². The summed E-state index contributed by atoms with van der Waals surface area (Å²) >= 11 is 0. The molecule has 0 bridgehead atoms. The Morgan fingerprint density at radius 3 is 2.36 bits per heavy atom. The zero-order chi connectivity index (χ0) is 17.4. The van der Waals surface area contributed by atoms with Crippen LogP contribution in [0.5, 0.6) is 0 Å². The number of carbonyl (C=O) groups is 3. The smallest absolute Gasteiger partial charge is 0.328 e. The van der Waals surface area contributed by atoms with Crippen LogP contribution in [0, 0.1) is 17.3 Å². The van der Waals surface area contributed by atoms with Crippen molar-refractivity contribution in [1.82, 2.24) is 10.6 Å². The van der Waals surface area contributed by atoms with Gasteiger partial charge in [0.05, 0.1) is 25.4 Å². The summed E-state index contributed by atoms with van der Waals surface area (Å²) in [7, 11) is 0. The van der Waals surface area contributed by atoms with E-state index in [9.17, 15) is 14.4 Å². The molecule has 3 heterocycles. The van der Waals surface area contributed by atoms with Gasteiger partial charge in [-0.25, -0.2) is 4.79 Å². The summed E-state index contributed by atoms with van der Waals surface area (Å²) in [6.07, 6.45) is 8.93. The third kappa shape index (κ3) is 4.20. The standard InChI is InChI=1S/C18H26N2O5/c21-15-14(16(22)20-17(23)19-15)3-5-18(8-13-10-25-13)4-1-2-11(7-18)6-12-9-24-12/h11-14H,1-10H2,(H2,19,20,21,22,23). The summed E-state index contributed by atoms with van der Waals surface area (Å²) in [4.78, 5) is 35.2. The molecule has 7 heteroatoms. The molecule has 7 nitrogen and oxygen atoms in total. The average molecular weight is 350 g/mol. The lowest BCUT2D eigenvalue weighted by molar-refractivity contribution is -0.136. The summed E-state index contributed by atoms with van der Waals surface area (Å²) in [5.74, 6) is -1.03. The van der Waals surface area contributed by atoms with E-state index in [1.807, 2.05) is 0 Å². The summed E-state index contributed by atoms with van der Waals surface area (Å²) in [6.45, 7) is 1.72. The second-order valence-corrected chi connectivity index (χ2v) is 8.21. The summed E-state index contributed by atoms with van der Waals surface area (Å²) in [5.41, 5.74) is 0.140. The molecule has 4 atom stereocenters. The van der Waals surface area contributed by atoms with E-state index >= 15 is 0 Å². The molecule has 4 fully saturated rings. The van der Waals surface area contributed by atoms with E-state index < -0.39 is 23.8 Å². The summed E-state index contributed by atoms with van der Waals surface area (Å²) in [6, 6.07) is -0.713. The van der Waals surface area contributed by atoms with E-state index in [1.165, 1.54) is 12.8 Å². The molecule has 3 aliphatic heterocycles. The maximum atomic E-state index is 12.0. The highest BCUT2D eigenvalue weighted by molar-refractivity contribution is 6.16. The second-order valence-electron chi connectivity index (χ2n) is 8.21. The predicted octanol–water partition coefficient (Wildman–Crippen LogP) is 1.50. The number of hydrogen-bond donors (Lipinski definition) is 2. The minimum atomic E-state index is -0.762. The van der Waals surface area contributed by atoms with E-state index in [-0.39, 0.29) is 5.41 Å². The van der Waals surface area contributed by atoms with Gasteiger partial charge in [-0.2, -0.15) is 0 Å². The van der Waals surface area contributed by atoms with Crippen molar-refractivity contribution in [3.05, 3.63) is 0 Å². The van der Waals surface area contributed by atoms with Gasteiger partial charge < -0.3 is 9.47 Å². The minimum Gasteiger partial charge on any atom is -0.373 e. The molecule has 1 saturated carbocycles. The van der Waals surface area contributed by atoms with Crippen LogP contribution in [-0.2, 0) is 19.1 Å². The van der Waals surface area contributed by atoms with Gasteiger partial charge in [-0.15, -0.1) is 0 Å². The van der Waals surface area contributed by atoms with Crippen LogP contribution in [0.1, 0.15) is 51.4 Å². The first kappa shape index (κ1) is 17.0. The lowest BCUT2D eigenvalue weighted by Gasteiger charge is -2.42. The lowest BCUT2D eigenvalue weighted by atomic mass is 9.63. The van der Waals surface area contributed by atoms with Gasteiger partial charge in [-0.05, 0) is 49.9 Å². The molecule has 4 amide bonds. The summed E-state index contributed by atoms with van der Waals surface area (Å²) in [5, 5.41) is 4.41. The molecule has 25 heavy (non-hydrogen) atoms. The third-order valence-electron chi connectivity index (χ3n) is 6.17. The Labute approximate surface area is 147 Å².